The Hall–Kier alpha value is -0.930. The minimum Gasteiger partial charge on any atom is -0.312 e. The predicted molar refractivity (Wildman–Crippen MR) is 75.5 cm³/mol. The van der Waals surface area contributed by atoms with Crippen molar-refractivity contribution >= 4 is 0 Å². The van der Waals surface area contributed by atoms with Crippen LogP contribution in [0.4, 0.5) is 0 Å². The molecule has 2 rings (SSSR count). The average Bonchev–Trinajstić information content (AvgIpc) is 2.84. The van der Waals surface area contributed by atoms with Crippen LogP contribution in [0.3, 0.4) is 0 Å². The minimum atomic E-state index is 0.722. The first-order chi connectivity index (χ1) is 8.75. The van der Waals surface area contributed by atoms with Gasteiger partial charge >= 0.3 is 0 Å². The molecule has 1 N–H and O–H groups in total. The molecular weight excluding hydrogens is 222 g/mol. The molecule has 1 aliphatic rings. The van der Waals surface area contributed by atoms with Gasteiger partial charge in [-0.05, 0) is 62.5 Å². The van der Waals surface area contributed by atoms with E-state index in [1.807, 2.05) is 12.4 Å². The first kappa shape index (κ1) is 13.5. The number of nitrogens with zero attached hydrogens (tertiary/aromatic N) is 2. The lowest BCUT2D eigenvalue weighted by Crippen LogP contribution is -2.31. The van der Waals surface area contributed by atoms with E-state index >= 15 is 0 Å². The minimum absolute atomic E-state index is 0.722. The van der Waals surface area contributed by atoms with Crippen molar-refractivity contribution in [1.82, 2.24) is 15.2 Å². The Balaban J connectivity index is 1.67. The normalized spacial score (nSPS) is 18.1. The first-order valence-corrected chi connectivity index (χ1v) is 7.08. The van der Waals surface area contributed by atoms with Crippen LogP contribution in [0.5, 0.6) is 0 Å². The maximum Gasteiger partial charge on any atom is 0.0315 e. The molecule has 3 heteroatoms. The summed E-state index contributed by atoms with van der Waals surface area (Å²) in [5.74, 6) is 0.722. The van der Waals surface area contributed by atoms with Crippen LogP contribution >= 0.6 is 0 Å². The molecule has 1 aliphatic heterocycles. The summed E-state index contributed by atoms with van der Waals surface area (Å²) in [5.41, 5.74) is 2.63. The number of hydrogen-bond acceptors (Lipinski definition) is 3. The molecule has 1 aromatic rings. The summed E-state index contributed by atoms with van der Waals surface area (Å²) in [5, 5.41) is 3.55. The van der Waals surface area contributed by atoms with Crippen LogP contribution in [0.1, 0.15) is 30.9 Å². The van der Waals surface area contributed by atoms with E-state index in [2.05, 4.69) is 35.1 Å². The van der Waals surface area contributed by atoms with Gasteiger partial charge in [-0.15, -0.1) is 0 Å². The van der Waals surface area contributed by atoms with Gasteiger partial charge in [-0.1, -0.05) is 6.92 Å². The molecule has 2 heterocycles. The fourth-order valence-electron chi connectivity index (χ4n) is 2.61. The molecule has 0 saturated carbocycles. The van der Waals surface area contributed by atoms with E-state index in [0.29, 0.717) is 0 Å². The van der Waals surface area contributed by atoms with Crippen molar-refractivity contribution in [3.05, 3.63) is 29.6 Å². The van der Waals surface area contributed by atoms with Crippen molar-refractivity contribution < 1.29 is 0 Å². The third kappa shape index (κ3) is 4.07. The lowest BCUT2D eigenvalue weighted by molar-refractivity contribution is 0.282. The average molecular weight is 247 g/mol. The topological polar surface area (TPSA) is 28.2 Å². The van der Waals surface area contributed by atoms with E-state index in [1.54, 1.807) is 0 Å². The van der Waals surface area contributed by atoms with Gasteiger partial charge in [0, 0.05) is 25.5 Å². The molecule has 100 valence electrons. The molecule has 1 atom stereocenters. The zero-order valence-electron chi connectivity index (χ0n) is 11.7. The summed E-state index contributed by atoms with van der Waals surface area (Å²) >= 11 is 0. The van der Waals surface area contributed by atoms with Gasteiger partial charge in [0.25, 0.3) is 0 Å². The quantitative estimate of drug-likeness (QED) is 0.835. The van der Waals surface area contributed by atoms with Crippen LogP contribution in [0.2, 0.25) is 0 Å². The largest absolute Gasteiger partial charge is 0.312 e. The van der Waals surface area contributed by atoms with Crippen molar-refractivity contribution in [2.24, 2.45) is 5.92 Å². The molecule has 0 spiro atoms. The van der Waals surface area contributed by atoms with Gasteiger partial charge in [0.1, 0.15) is 0 Å². The second-order valence-electron chi connectivity index (χ2n) is 5.55. The summed E-state index contributed by atoms with van der Waals surface area (Å²) < 4.78 is 0. The molecule has 1 aromatic heterocycles. The van der Waals surface area contributed by atoms with Crippen molar-refractivity contribution in [1.29, 1.82) is 0 Å². The number of rotatable bonds is 6. The second-order valence-corrected chi connectivity index (χ2v) is 5.55. The highest BCUT2D eigenvalue weighted by Crippen LogP contribution is 2.10. The highest BCUT2D eigenvalue weighted by atomic mass is 15.1. The van der Waals surface area contributed by atoms with Gasteiger partial charge in [0.15, 0.2) is 0 Å². The van der Waals surface area contributed by atoms with E-state index in [1.165, 1.54) is 43.6 Å². The van der Waals surface area contributed by atoms with E-state index < -0.39 is 0 Å². The van der Waals surface area contributed by atoms with Crippen LogP contribution in [0.25, 0.3) is 0 Å². The van der Waals surface area contributed by atoms with Crippen molar-refractivity contribution in [3.8, 4) is 0 Å². The van der Waals surface area contributed by atoms with Crippen LogP contribution in [-0.2, 0) is 6.54 Å². The van der Waals surface area contributed by atoms with E-state index in [9.17, 15) is 0 Å². The van der Waals surface area contributed by atoms with Gasteiger partial charge in [-0.25, -0.2) is 0 Å². The number of likely N-dealkylation sites (tertiary alicyclic amines) is 1. The molecule has 0 bridgehead atoms. The number of hydrogen-bond donors (Lipinski definition) is 1. The summed E-state index contributed by atoms with van der Waals surface area (Å²) in [6.45, 7) is 10.3. The molecule has 0 radical (unpaired) electrons. The van der Waals surface area contributed by atoms with E-state index in [0.717, 1.165) is 19.0 Å². The van der Waals surface area contributed by atoms with Crippen LogP contribution in [-0.4, -0.2) is 36.1 Å². The highest BCUT2D eigenvalue weighted by Gasteiger charge is 2.14. The Kier molecular flexibility index (Phi) is 5.14. The predicted octanol–water partition coefficient (Wildman–Crippen LogP) is 2.21. The molecule has 1 fully saturated rings. The highest BCUT2D eigenvalue weighted by molar-refractivity contribution is 5.20. The second kappa shape index (κ2) is 6.86. The Bertz CT molecular complexity index is 359. The van der Waals surface area contributed by atoms with E-state index in [-0.39, 0.29) is 0 Å². The molecule has 1 unspecified atom stereocenters. The van der Waals surface area contributed by atoms with Crippen LogP contribution < -0.4 is 5.32 Å². The molecule has 1 saturated heterocycles. The van der Waals surface area contributed by atoms with Crippen LogP contribution in [0, 0.1) is 12.8 Å². The number of nitrogens with one attached hydrogen (secondary N) is 1. The molecule has 0 amide bonds. The van der Waals surface area contributed by atoms with Gasteiger partial charge < -0.3 is 10.2 Å². The molecule has 18 heavy (non-hydrogen) atoms. The monoisotopic (exact) mass is 247 g/mol. The Morgan fingerprint density at radius 3 is 2.89 bits per heavy atom. The van der Waals surface area contributed by atoms with Crippen molar-refractivity contribution in [2.45, 2.75) is 33.2 Å². The van der Waals surface area contributed by atoms with Crippen molar-refractivity contribution in [2.75, 3.05) is 26.2 Å². The molecular formula is C15H25N3. The van der Waals surface area contributed by atoms with Gasteiger partial charge in [-0.3, -0.25) is 4.98 Å². The van der Waals surface area contributed by atoms with Crippen molar-refractivity contribution in [3.63, 3.8) is 0 Å². The fourth-order valence-corrected chi connectivity index (χ4v) is 2.61. The maximum absolute atomic E-state index is 4.18. The summed E-state index contributed by atoms with van der Waals surface area (Å²) in [6.07, 6.45) is 6.59. The molecule has 3 nitrogen and oxygen atoms in total. The Labute approximate surface area is 111 Å². The summed E-state index contributed by atoms with van der Waals surface area (Å²) in [7, 11) is 0. The van der Waals surface area contributed by atoms with Gasteiger partial charge in [-0.2, -0.15) is 0 Å². The molecule has 0 aliphatic carbocycles. The zero-order valence-corrected chi connectivity index (χ0v) is 11.7. The number of pyridine rings is 1. The summed E-state index contributed by atoms with van der Waals surface area (Å²) in [6, 6.07) is 2.07. The lowest BCUT2D eigenvalue weighted by Gasteiger charge is -2.20. The number of aromatic nitrogens is 1. The fraction of sp³-hybridized carbons (Fsp3) is 0.667. The van der Waals surface area contributed by atoms with Gasteiger partial charge in [0.2, 0.25) is 0 Å². The number of aryl methyl sites for hydroxylation is 1. The Morgan fingerprint density at radius 1 is 1.39 bits per heavy atom. The third-order valence-electron chi connectivity index (χ3n) is 3.72. The SMILES string of the molecule is Cc1ccncc1CNCC(C)CN1CCCC1. The van der Waals surface area contributed by atoms with Gasteiger partial charge in [0.05, 0.1) is 0 Å². The first-order valence-electron chi connectivity index (χ1n) is 7.08. The Morgan fingerprint density at radius 2 is 2.17 bits per heavy atom. The lowest BCUT2D eigenvalue weighted by atomic mass is 10.1. The smallest absolute Gasteiger partial charge is 0.0315 e. The maximum atomic E-state index is 4.18. The standard InChI is InChI=1S/C15H25N3/c1-13(12-18-7-3-4-8-18)9-17-11-15-10-16-6-5-14(15)2/h5-6,10,13,17H,3-4,7-9,11-12H2,1-2H3. The van der Waals surface area contributed by atoms with E-state index in [4.69, 9.17) is 0 Å². The zero-order chi connectivity index (χ0) is 12.8. The third-order valence-corrected chi connectivity index (χ3v) is 3.72. The van der Waals surface area contributed by atoms with Crippen LogP contribution in [0.15, 0.2) is 18.5 Å². The summed E-state index contributed by atoms with van der Waals surface area (Å²) in [4.78, 5) is 6.76. The molecule has 0 aromatic carbocycles.